The van der Waals surface area contributed by atoms with Crippen LogP contribution in [0.1, 0.15) is 0 Å². The van der Waals surface area contributed by atoms with Crippen molar-refractivity contribution in [1.82, 2.24) is 0 Å². The number of benzene rings is 2. The first kappa shape index (κ1) is 11.2. The summed E-state index contributed by atoms with van der Waals surface area (Å²) >= 11 is 0. The summed E-state index contributed by atoms with van der Waals surface area (Å²) in [5, 5.41) is 2.70. The Bertz CT molecular complexity index is 421. The fourth-order valence-corrected chi connectivity index (χ4v) is 3.60. The van der Waals surface area contributed by atoms with Crippen LogP contribution in [-0.2, 0) is 4.74 Å². The first-order valence-electron chi connectivity index (χ1n) is 5.25. The van der Waals surface area contributed by atoms with Gasteiger partial charge in [-0.05, 0) is 18.2 Å². The Morgan fingerprint density at radius 2 is 1.25 bits per heavy atom. The summed E-state index contributed by atoms with van der Waals surface area (Å²) in [6, 6.07) is 21.0. The number of ether oxygens (including phenoxy) is 1. The predicted molar refractivity (Wildman–Crippen MR) is 73.5 cm³/mol. The second-order valence-corrected chi connectivity index (χ2v) is 5.72. The van der Waals surface area contributed by atoms with E-state index in [-0.39, 0.29) is 0 Å². The molecule has 0 aromatic heterocycles. The maximum Gasteiger partial charge on any atom is 0.0414 e. The monoisotopic (exact) mass is 230 g/mol. The topological polar surface area (TPSA) is 9.23 Å². The minimum absolute atomic E-state index is 0.898. The number of rotatable bonds is 3. The summed E-state index contributed by atoms with van der Waals surface area (Å²) in [7, 11) is 0.821. The highest BCUT2D eigenvalue weighted by molar-refractivity contribution is 7.71. The maximum atomic E-state index is 5.23. The zero-order valence-corrected chi connectivity index (χ0v) is 10.3. The van der Waals surface area contributed by atoms with Crippen LogP contribution in [0.5, 0.6) is 0 Å². The van der Waals surface area contributed by atoms with Crippen molar-refractivity contribution in [3.8, 4) is 0 Å². The van der Waals surface area contributed by atoms with Gasteiger partial charge in [0.2, 0.25) is 0 Å². The normalized spacial score (nSPS) is 10.4. The third-order valence-corrected chi connectivity index (χ3v) is 4.79. The van der Waals surface area contributed by atoms with Gasteiger partial charge in [-0.15, -0.1) is 0 Å². The molecule has 2 heteroatoms. The summed E-state index contributed by atoms with van der Waals surface area (Å²) in [5.41, 5.74) is 0. The number of methoxy groups -OCH3 is 1. The van der Waals surface area contributed by atoms with Gasteiger partial charge in [0.1, 0.15) is 0 Å². The second-order valence-electron chi connectivity index (χ2n) is 3.50. The highest BCUT2D eigenvalue weighted by Crippen LogP contribution is 2.20. The van der Waals surface area contributed by atoms with Gasteiger partial charge in [-0.3, -0.25) is 0 Å². The maximum absolute atomic E-state index is 5.23. The molecule has 2 rings (SSSR count). The smallest absolute Gasteiger partial charge is 0.0414 e. The quantitative estimate of drug-likeness (QED) is 0.735. The molecule has 0 spiro atoms. The minimum atomic E-state index is -0.898. The fourth-order valence-electron chi connectivity index (χ4n) is 1.66. The molecule has 2 aromatic rings. The molecule has 0 unspecified atom stereocenters. The standard InChI is InChI=1S/C14H15OP/c1-15-12-16(13-8-4-2-5-9-13)14-10-6-3-7-11-14/h2-12,16H,1H3. The lowest BCUT2D eigenvalue weighted by molar-refractivity contribution is 0.432. The van der Waals surface area contributed by atoms with E-state index in [0.29, 0.717) is 0 Å². The SMILES string of the molecule is COC=[PH](c1ccccc1)c1ccccc1. The third kappa shape index (κ3) is 2.63. The zero-order valence-electron chi connectivity index (χ0n) is 9.26. The van der Waals surface area contributed by atoms with Gasteiger partial charge in [0.25, 0.3) is 0 Å². The van der Waals surface area contributed by atoms with E-state index in [0.717, 1.165) is 0 Å². The lowest BCUT2D eigenvalue weighted by Crippen LogP contribution is -2.08. The molecule has 82 valence electrons. The molecular formula is C14H15OP. The molecule has 0 radical (unpaired) electrons. The number of hydrogen-bond donors (Lipinski definition) is 0. The summed E-state index contributed by atoms with van der Waals surface area (Å²) in [6.07, 6.45) is 0. The molecule has 0 aliphatic heterocycles. The van der Waals surface area contributed by atoms with E-state index in [4.69, 9.17) is 4.74 Å². The van der Waals surface area contributed by atoms with E-state index in [1.165, 1.54) is 10.6 Å². The van der Waals surface area contributed by atoms with E-state index in [1.807, 2.05) is 18.1 Å². The molecule has 0 saturated carbocycles. The average Bonchev–Trinajstić information content (AvgIpc) is 2.38. The van der Waals surface area contributed by atoms with Crippen LogP contribution in [0.4, 0.5) is 0 Å². The van der Waals surface area contributed by atoms with Gasteiger partial charge in [-0.1, -0.05) is 60.7 Å². The van der Waals surface area contributed by atoms with Gasteiger partial charge >= 0.3 is 0 Å². The highest BCUT2D eigenvalue weighted by Gasteiger charge is 2.01. The number of hydrogen-bond acceptors (Lipinski definition) is 1. The van der Waals surface area contributed by atoms with Gasteiger partial charge in [0.15, 0.2) is 0 Å². The lowest BCUT2D eigenvalue weighted by atomic mass is 10.4. The molecule has 0 atom stereocenters. The van der Waals surface area contributed by atoms with Crippen molar-refractivity contribution in [2.45, 2.75) is 0 Å². The van der Waals surface area contributed by atoms with Crippen molar-refractivity contribution in [2.75, 3.05) is 7.11 Å². The van der Waals surface area contributed by atoms with Crippen molar-refractivity contribution < 1.29 is 4.74 Å². The fraction of sp³-hybridized carbons (Fsp3) is 0.0714. The summed E-state index contributed by atoms with van der Waals surface area (Å²) in [5.74, 6) is 1.97. The van der Waals surface area contributed by atoms with Crippen molar-refractivity contribution in [3.63, 3.8) is 0 Å². The second kappa shape index (κ2) is 5.69. The van der Waals surface area contributed by atoms with Crippen LogP contribution >= 0.6 is 7.55 Å². The highest BCUT2D eigenvalue weighted by atomic mass is 31.1. The molecule has 0 aliphatic carbocycles. The molecule has 0 bridgehead atoms. The first-order chi connectivity index (χ1) is 7.92. The van der Waals surface area contributed by atoms with Crippen molar-refractivity contribution in [2.24, 2.45) is 0 Å². The van der Waals surface area contributed by atoms with Crippen LogP contribution in [0.15, 0.2) is 60.7 Å². The van der Waals surface area contributed by atoms with Crippen molar-refractivity contribution in [3.05, 3.63) is 60.7 Å². The van der Waals surface area contributed by atoms with Gasteiger partial charge in [0, 0.05) is 13.1 Å². The van der Waals surface area contributed by atoms with Gasteiger partial charge in [-0.2, -0.15) is 0 Å². The molecule has 0 aliphatic rings. The van der Waals surface area contributed by atoms with E-state index in [2.05, 4.69) is 48.5 Å². The van der Waals surface area contributed by atoms with Crippen molar-refractivity contribution in [1.29, 1.82) is 0 Å². The average molecular weight is 230 g/mol. The van der Waals surface area contributed by atoms with E-state index in [1.54, 1.807) is 7.11 Å². The Balaban J connectivity index is 2.44. The summed E-state index contributed by atoms with van der Waals surface area (Å²) in [4.78, 5) is 0. The van der Waals surface area contributed by atoms with Crippen LogP contribution in [0.3, 0.4) is 0 Å². The molecule has 0 heterocycles. The zero-order chi connectivity index (χ0) is 11.2. The van der Waals surface area contributed by atoms with Crippen molar-refractivity contribution >= 4 is 24.1 Å². The van der Waals surface area contributed by atoms with E-state index in [9.17, 15) is 0 Å². The first-order valence-corrected chi connectivity index (χ1v) is 6.83. The van der Waals surface area contributed by atoms with Crippen LogP contribution in [0.2, 0.25) is 0 Å². The minimum Gasteiger partial charge on any atom is -0.357 e. The molecule has 0 fully saturated rings. The molecule has 16 heavy (non-hydrogen) atoms. The van der Waals surface area contributed by atoms with Crippen LogP contribution < -0.4 is 10.6 Å². The Kier molecular flexibility index (Phi) is 3.98. The Labute approximate surface area is 97.1 Å². The molecule has 1 nitrogen and oxygen atoms in total. The Morgan fingerprint density at radius 1 is 0.812 bits per heavy atom. The molecule has 0 saturated heterocycles. The van der Waals surface area contributed by atoms with E-state index >= 15 is 0 Å². The molecule has 0 N–H and O–H groups in total. The summed E-state index contributed by atoms with van der Waals surface area (Å²) in [6.45, 7) is 0. The van der Waals surface area contributed by atoms with Gasteiger partial charge in [0.05, 0.1) is 0 Å². The lowest BCUT2D eigenvalue weighted by Gasteiger charge is -2.08. The van der Waals surface area contributed by atoms with Crippen LogP contribution in [0, 0.1) is 0 Å². The van der Waals surface area contributed by atoms with Gasteiger partial charge < -0.3 is 4.74 Å². The van der Waals surface area contributed by atoms with Crippen LogP contribution in [0.25, 0.3) is 0 Å². The Morgan fingerprint density at radius 3 is 1.62 bits per heavy atom. The summed E-state index contributed by atoms with van der Waals surface area (Å²) < 4.78 is 5.23. The molecule has 2 aromatic carbocycles. The third-order valence-electron chi connectivity index (χ3n) is 2.41. The largest absolute Gasteiger partial charge is 0.357 e. The molecular weight excluding hydrogens is 215 g/mol. The van der Waals surface area contributed by atoms with Crippen LogP contribution in [-0.4, -0.2) is 13.1 Å². The Hall–Kier alpha value is -1.30. The molecule has 0 amide bonds. The predicted octanol–water partition coefficient (Wildman–Crippen LogP) is 2.26. The van der Waals surface area contributed by atoms with Gasteiger partial charge in [-0.25, -0.2) is 0 Å². The van der Waals surface area contributed by atoms with E-state index < -0.39 is 7.55 Å².